The molecule has 1 saturated carbocycles. The molecule has 1 atom stereocenters. The molecule has 1 heterocycles. The molecular formula is C20H18ClN3O3S2. The zero-order chi connectivity index (χ0) is 20.8. The van der Waals surface area contributed by atoms with E-state index in [4.69, 9.17) is 23.8 Å². The summed E-state index contributed by atoms with van der Waals surface area (Å²) in [5.74, 6) is 0.00810. The standard InChI is InChI=1S/C20H18ClN3O3S2/c1-11-8-15(29(26,27)14-6-4-13(21)5-7-14)9-16(19(11)28)20(25)22-18-10-17(23-24-18)12-2-3-12/h4-12H,2-3H2,1H3,(H2,22,23,24,25). The van der Waals surface area contributed by atoms with Gasteiger partial charge >= 0.3 is 0 Å². The fraction of sp³-hybridized carbons (Fsp3) is 0.250. The van der Waals surface area contributed by atoms with Crippen molar-refractivity contribution in [2.24, 2.45) is 5.92 Å². The molecule has 0 aliphatic heterocycles. The van der Waals surface area contributed by atoms with Crippen molar-refractivity contribution in [3.05, 3.63) is 63.7 Å². The number of hydrogen-bond acceptors (Lipinski definition) is 5. The Morgan fingerprint density at radius 1 is 1.28 bits per heavy atom. The second-order valence-electron chi connectivity index (χ2n) is 7.17. The molecule has 0 saturated heterocycles. The molecule has 2 aliphatic rings. The number of halogens is 1. The number of H-pyrrole nitrogens is 1. The fourth-order valence-electron chi connectivity index (χ4n) is 3.11. The Labute approximate surface area is 179 Å². The smallest absolute Gasteiger partial charge is 0.258 e. The lowest BCUT2D eigenvalue weighted by atomic mass is 9.95. The number of hydrogen-bond donors (Lipinski definition) is 2. The van der Waals surface area contributed by atoms with Gasteiger partial charge in [-0.1, -0.05) is 36.8 Å². The number of thiocarbonyl (C=S) groups is 1. The monoisotopic (exact) mass is 447 g/mol. The second kappa shape index (κ2) is 7.51. The molecule has 1 unspecified atom stereocenters. The van der Waals surface area contributed by atoms with Crippen molar-refractivity contribution >= 4 is 50.2 Å². The van der Waals surface area contributed by atoms with Gasteiger partial charge in [-0.3, -0.25) is 9.89 Å². The van der Waals surface area contributed by atoms with Gasteiger partial charge in [-0.2, -0.15) is 5.10 Å². The average molecular weight is 448 g/mol. The van der Waals surface area contributed by atoms with Gasteiger partial charge in [-0.05, 0) is 43.2 Å². The van der Waals surface area contributed by atoms with E-state index in [9.17, 15) is 13.2 Å². The highest BCUT2D eigenvalue weighted by molar-refractivity contribution is 7.95. The predicted octanol–water partition coefficient (Wildman–Crippen LogP) is 4.18. The Morgan fingerprint density at radius 3 is 2.62 bits per heavy atom. The quantitative estimate of drug-likeness (QED) is 0.670. The lowest BCUT2D eigenvalue weighted by Crippen LogP contribution is -2.26. The maximum Gasteiger partial charge on any atom is 0.258 e. The van der Waals surface area contributed by atoms with Crippen LogP contribution in [-0.4, -0.2) is 29.4 Å². The van der Waals surface area contributed by atoms with E-state index < -0.39 is 15.7 Å². The van der Waals surface area contributed by atoms with Gasteiger partial charge in [0.15, 0.2) is 5.82 Å². The number of aromatic nitrogens is 2. The first-order valence-electron chi connectivity index (χ1n) is 9.11. The Bertz CT molecular complexity index is 1160. The van der Waals surface area contributed by atoms with Gasteiger partial charge in [0, 0.05) is 33.5 Å². The molecule has 1 amide bonds. The molecule has 0 radical (unpaired) electrons. The number of sulfone groups is 1. The summed E-state index contributed by atoms with van der Waals surface area (Å²) in [5.41, 5.74) is 1.14. The van der Waals surface area contributed by atoms with Crippen LogP contribution in [0.4, 0.5) is 5.82 Å². The SMILES string of the molecule is CC1C=C(S(=O)(=O)c2ccc(Cl)cc2)C=C(C(=O)Nc2cc(C3CC3)[nH]n2)C1=S. The number of rotatable bonds is 5. The van der Waals surface area contributed by atoms with Gasteiger partial charge in [0.25, 0.3) is 5.91 Å². The van der Waals surface area contributed by atoms with Crippen molar-refractivity contribution in [1.29, 1.82) is 0 Å². The Morgan fingerprint density at radius 2 is 1.97 bits per heavy atom. The number of allylic oxidation sites excluding steroid dienone is 2. The maximum absolute atomic E-state index is 13.0. The third-order valence-electron chi connectivity index (χ3n) is 4.92. The molecule has 1 aromatic carbocycles. The summed E-state index contributed by atoms with van der Waals surface area (Å²) >= 11 is 11.3. The highest BCUT2D eigenvalue weighted by Gasteiger charge is 2.30. The molecule has 9 heteroatoms. The summed E-state index contributed by atoms with van der Waals surface area (Å²) in [5, 5.41) is 10.2. The summed E-state index contributed by atoms with van der Waals surface area (Å²) in [6.07, 6.45) is 5.11. The van der Waals surface area contributed by atoms with Gasteiger partial charge in [0.2, 0.25) is 9.84 Å². The van der Waals surface area contributed by atoms with Gasteiger partial charge in [0.05, 0.1) is 15.4 Å². The first-order chi connectivity index (χ1) is 13.8. The molecule has 0 bridgehead atoms. The molecule has 1 fully saturated rings. The van der Waals surface area contributed by atoms with Crippen molar-refractivity contribution in [2.75, 3.05) is 5.32 Å². The predicted molar refractivity (Wildman–Crippen MR) is 116 cm³/mol. The highest BCUT2D eigenvalue weighted by atomic mass is 35.5. The summed E-state index contributed by atoms with van der Waals surface area (Å²) in [6, 6.07) is 7.70. The zero-order valence-electron chi connectivity index (χ0n) is 15.5. The van der Waals surface area contributed by atoms with E-state index in [0.717, 1.165) is 18.5 Å². The molecule has 29 heavy (non-hydrogen) atoms. The number of nitrogens with one attached hydrogen (secondary N) is 2. The van der Waals surface area contributed by atoms with E-state index in [0.29, 0.717) is 21.6 Å². The zero-order valence-corrected chi connectivity index (χ0v) is 17.9. The first kappa shape index (κ1) is 20.0. The molecule has 2 aliphatic carbocycles. The topological polar surface area (TPSA) is 91.9 Å². The largest absolute Gasteiger partial charge is 0.305 e. The summed E-state index contributed by atoms with van der Waals surface area (Å²) in [6.45, 7) is 1.76. The fourth-order valence-corrected chi connectivity index (χ4v) is 4.88. The van der Waals surface area contributed by atoms with Crippen LogP contribution in [0.1, 0.15) is 31.4 Å². The summed E-state index contributed by atoms with van der Waals surface area (Å²) in [7, 11) is -3.81. The van der Waals surface area contributed by atoms with E-state index in [1.165, 1.54) is 30.3 Å². The number of nitrogens with zero attached hydrogens (tertiary/aromatic N) is 1. The Balaban J connectivity index is 1.62. The van der Waals surface area contributed by atoms with Gasteiger partial charge < -0.3 is 5.32 Å². The number of amides is 1. The normalized spacial score (nSPS) is 19.5. The van der Waals surface area contributed by atoms with Crippen LogP contribution in [0.15, 0.2) is 57.9 Å². The van der Waals surface area contributed by atoms with E-state index >= 15 is 0 Å². The van der Waals surface area contributed by atoms with Crippen LogP contribution in [-0.2, 0) is 14.6 Å². The lowest BCUT2D eigenvalue weighted by molar-refractivity contribution is -0.112. The molecular weight excluding hydrogens is 430 g/mol. The van der Waals surface area contributed by atoms with E-state index in [-0.39, 0.29) is 21.3 Å². The molecule has 1 aromatic heterocycles. The molecule has 4 rings (SSSR count). The Kier molecular flexibility index (Phi) is 5.18. The van der Waals surface area contributed by atoms with Crippen LogP contribution < -0.4 is 5.32 Å². The molecule has 150 valence electrons. The minimum absolute atomic E-state index is 0.0340. The van der Waals surface area contributed by atoms with Gasteiger partial charge in [-0.15, -0.1) is 0 Å². The van der Waals surface area contributed by atoms with E-state index in [2.05, 4.69) is 15.5 Å². The molecule has 2 N–H and O–H groups in total. The van der Waals surface area contributed by atoms with Crippen LogP contribution in [0, 0.1) is 5.92 Å². The van der Waals surface area contributed by atoms with Crippen LogP contribution in [0.3, 0.4) is 0 Å². The van der Waals surface area contributed by atoms with Crippen LogP contribution in [0.25, 0.3) is 0 Å². The number of anilines is 1. The van der Waals surface area contributed by atoms with E-state index in [1.807, 2.05) is 0 Å². The number of carbonyl (C=O) groups excluding carboxylic acids is 1. The maximum atomic E-state index is 13.0. The Hall–Kier alpha value is -2.29. The number of aromatic amines is 1. The van der Waals surface area contributed by atoms with Gasteiger partial charge in [-0.25, -0.2) is 8.42 Å². The summed E-state index contributed by atoms with van der Waals surface area (Å²) < 4.78 is 26.0. The first-order valence-corrected chi connectivity index (χ1v) is 11.4. The third kappa shape index (κ3) is 4.05. The molecule has 6 nitrogen and oxygen atoms in total. The van der Waals surface area contributed by atoms with Crippen molar-refractivity contribution < 1.29 is 13.2 Å². The van der Waals surface area contributed by atoms with Crippen molar-refractivity contribution in [2.45, 2.75) is 30.6 Å². The van der Waals surface area contributed by atoms with Gasteiger partial charge in [0.1, 0.15) is 0 Å². The van der Waals surface area contributed by atoms with Crippen LogP contribution in [0.2, 0.25) is 5.02 Å². The van der Waals surface area contributed by atoms with Crippen molar-refractivity contribution in [3.8, 4) is 0 Å². The van der Waals surface area contributed by atoms with Crippen LogP contribution in [0.5, 0.6) is 0 Å². The minimum Gasteiger partial charge on any atom is -0.305 e. The number of benzene rings is 1. The molecule has 0 spiro atoms. The van der Waals surface area contributed by atoms with Crippen LogP contribution >= 0.6 is 23.8 Å². The minimum atomic E-state index is -3.81. The van der Waals surface area contributed by atoms with Crippen molar-refractivity contribution in [3.63, 3.8) is 0 Å². The third-order valence-corrected chi connectivity index (χ3v) is 7.53. The second-order valence-corrected chi connectivity index (χ2v) is 10.0. The number of carbonyl (C=O) groups is 1. The van der Waals surface area contributed by atoms with Crippen molar-refractivity contribution in [1.82, 2.24) is 10.2 Å². The van der Waals surface area contributed by atoms with E-state index in [1.54, 1.807) is 19.1 Å². The average Bonchev–Trinajstić information content (AvgIpc) is 3.43. The lowest BCUT2D eigenvalue weighted by Gasteiger charge is -2.19. The summed E-state index contributed by atoms with van der Waals surface area (Å²) in [4.78, 5) is 13.3. The molecule has 2 aromatic rings. The highest BCUT2D eigenvalue weighted by Crippen LogP contribution is 2.39.